The van der Waals surface area contributed by atoms with E-state index in [9.17, 15) is 19.2 Å². The van der Waals surface area contributed by atoms with Crippen LogP contribution in [0.1, 0.15) is 12.8 Å². The molecule has 0 amide bonds. The van der Waals surface area contributed by atoms with E-state index in [2.05, 4.69) is 0 Å². The molecule has 0 heterocycles. The van der Waals surface area contributed by atoms with Gasteiger partial charge in [0.05, 0.1) is 0 Å². The monoisotopic (exact) mass is 327 g/mol. The van der Waals surface area contributed by atoms with Crippen LogP contribution in [0.25, 0.3) is 11.5 Å². The number of hydrogen-bond acceptors (Lipinski definition) is 4. The minimum Gasteiger partial charge on any atom is -0.665 e. The Labute approximate surface area is 117 Å². The van der Waals surface area contributed by atoms with Crippen molar-refractivity contribution in [2.24, 2.45) is 0 Å². The van der Waals surface area contributed by atoms with Crippen LogP contribution >= 0.6 is 0 Å². The molecule has 0 aliphatic carbocycles. The van der Waals surface area contributed by atoms with E-state index in [1.807, 2.05) is 0 Å². The average Bonchev–Trinajstić information content (AvgIpc) is 2.16. The Morgan fingerprint density at radius 1 is 0.737 bits per heavy atom. The minimum absolute atomic E-state index is 0. The molecule has 0 aliphatic heterocycles. The SMILES string of the molecule is [Cu+2].[NH-]C(CC(=O)O)C(=O)O.[NH-]C(CC(=O)O)C(=O)O. The van der Waals surface area contributed by atoms with Gasteiger partial charge in [0.15, 0.2) is 0 Å². The topological polar surface area (TPSA) is 197 Å². The van der Waals surface area contributed by atoms with Crippen molar-refractivity contribution in [1.82, 2.24) is 0 Å². The van der Waals surface area contributed by atoms with E-state index >= 15 is 0 Å². The van der Waals surface area contributed by atoms with Crippen LogP contribution in [-0.4, -0.2) is 56.4 Å². The van der Waals surface area contributed by atoms with Gasteiger partial charge >= 0.3 is 29.0 Å². The smallest absolute Gasteiger partial charge is 0.665 e. The summed E-state index contributed by atoms with van der Waals surface area (Å²) in [5.74, 6) is -5.34. The van der Waals surface area contributed by atoms with Crippen molar-refractivity contribution in [2.45, 2.75) is 24.9 Å². The molecule has 11 heteroatoms. The Hall–Kier alpha value is -1.68. The van der Waals surface area contributed by atoms with Crippen molar-refractivity contribution >= 4 is 23.9 Å². The summed E-state index contributed by atoms with van der Waals surface area (Å²) < 4.78 is 0. The second-order valence-electron chi connectivity index (χ2n) is 2.98. The van der Waals surface area contributed by atoms with E-state index in [1.54, 1.807) is 0 Å². The molecule has 113 valence electrons. The van der Waals surface area contributed by atoms with Crippen molar-refractivity contribution in [2.75, 3.05) is 0 Å². The number of aliphatic carboxylic acids is 4. The van der Waals surface area contributed by atoms with Crippen LogP contribution in [0, 0.1) is 0 Å². The van der Waals surface area contributed by atoms with Crippen LogP contribution in [0.15, 0.2) is 0 Å². The number of carbonyl (C=O) groups is 4. The molecule has 0 aromatic rings. The van der Waals surface area contributed by atoms with Crippen molar-refractivity contribution < 1.29 is 56.7 Å². The first-order chi connectivity index (χ1) is 8.07. The third kappa shape index (κ3) is 16.3. The van der Waals surface area contributed by atoms with Crippen molar-refractivity contribution in [3.05, 3.63) is 11.5 Å². The molecule has 0 aromatic heterocycles. The normalized spacial score (nSPS) is 11.9. The first kappa shape index (κ1) is 22.5. The van der Waals surface area contributed by atoms with E-state index in [4.69, 9.17) is 31.9 Å². The molecule has 2 unspecified atom stereocenters. The molecule has 0 aromatic carbocycles. The average molecular weight is 328 g/mol. The van der Waals surface area contributed by atoms with Gasteiger partial charge in [-0.15, -0.1) is 0 Å². The van der Waals surface area contributed by atoms with Gasteiger partial charge in [0.25, 0.3) is 11.9 Å². The second-order valence-corrected chi connectivity index (χ2v) is 2.98. The number of carboxylic acids is 4. The maximum atomic E-state index is 9.78. The molecule has 0 fully saturated rings. The molecular formula is C8H12CuN2O8. The molecule has 10 nitrogen and oxygen atoms in total. The molecule has 0 aliphatic rings. The van der Waals surface area contributed by atoms with E-state index < -0.39 is 48.8 Å². The predicted molar refractivity (Wildman–Crippen MR) is 56.0 cm³/mol. The zero-order chi connectivity index (χ0) is 14.9. The Morgan fingerprint density at radius 2 is 0.947 bits per heavy atom. The first-order valence-corrected chi connectivity index (χ1v) is 4.39. The number of nitrogens with one attached hydrogen (secondary N) is 2. The number of hydrogen-bond donors (Lipinski definition) is 4. The fourth-order valence-electron chi connectivity index (χ4n) is 0.524. The number of rotatable bonds is 6. The van der Waals surface area contributed by atoms with Crippen LogP contribution < -0.4 is 0 Å². The predicted octanol–water partition coefficient (Wildman–Crippen LogP) is -0.0695. The second kappa shape index (κ2) is 11.4. The summed E-state index contributed by atoms with van der Waals surface area (Å²) in [7, 11) is 0. The molecule has 0 spiro atoms. The van der Waals surface area contributed by atoms with Gasteiger partial charge in [-0.05, 0) is 12.1 Å². The fraction of sp³-hybridized carbons (Fsp3) is 0.500. The van der Waals surface area contributed by atoms with Gasteiger partial charge in [0.1, 0.15) is 0 Å². The third-order valence-corrected chi connectivity index (χ3v) is 1.35. The van der Waals surface area contributed by atoms with Crippen molar-refractivity contribution in [3.63, 3.8) is 0 Å². The first-order valence-electron chi connectivity index (χ1n) is 4.39. The van der Waals surface area contributed by atoms with Crippen LogP contribution in [0.5, 0.6) is 0 Å². The number of carboxylic acid groups (broad SMARTS) is 4. The Bertz CT molecular complexity index is 303. The van der Waals surface area contributed by atoms with E-state index in [0.29, 0.717) is 0 Å². The summed E-state index contributed by atoms with van der Waals surface area (Å²) >= 11 is 0. The van der Waals surface area contributed by atoms with Gasteiger partial charge in [0, 0.05) is 12.8 Å². The van der Waals surface area contributed by atoms with E-state index in [1.165, 1.54) is 0 Å². The molecular weight excluding hydrogens is 316 g/mol. The zero-order valence-electron chi connectivity index (χ0n) is 9.29. The summed E-state index contributed by atoms with van der Waals surface area (Å²) in [4.78, 5) is 39.0. The fourth-order valence-corrected chi connectivity index (χ4v) is 0.524. The zero-order valence-corrected chi connectivity index (χ0v) is 10.2. The van der Waals surface area contributed by atoms with Crippen molar-refractivity contribution in [1.29, 1.82) is 0 Å². The van der Waals surface area contributed by atoms with Gasteiger partial charge in [-0.25, -0.2) is 0 Å². The summed E-state index contributed by atoms with van der Waals surface area (Å²) in [6.07, 6.45) is -1.29. The molecule has 0 saturated heterocycles. The van der Waals surface area contributed by atoms with Crippen LogP contribution in [0.2, 0.25) is 0 Å². The van der Waals surface area contributed by atoms with Gasteiger partial charge < -0.3 is 31.9 Å². The van der Waals surface area contributed by atoms with Crippen LogP contribution in [0.4, 0.5) is 0 Å². The minimum atomic E-state index is -1.54. The summed E-state index contributed by atoms with van der Waals surface area (Å²) in [5.41, 5.74) is 13.2. The molecule has 0 saturated carbocycles. The molecule has 2 atom stereocenters. The Morgan fingerprint density at radius 3 is 1.00 bits per heavy atom. The summed E-state index contributed by atoms with van der Waals surface area (Å²) in [5, 5.41) is 31.9. The van der Waals surface area contributed by atoms with Crippen LogP contribution in [-0.2, 0) is 36.2 Å². The van der Waals surface area contributed by atoms with Gasteiger partial charge in [-0.1, -0.05) is 0 Å². The largest absolute Gasteiger partial charge is 2.00 e. The standard InChI is InChI=1S/2C4H6NO4.Cu/c2*5-2(4(8)9)1-3(6)7;/h2*2,5H,1H2,(H,6,7)(H,8,9);/q2*-1;+2. The van der Waals surface area contributed by atoms with Gasteiger partial charge in [-0.3, -0.25) is 19.2 Å². The van der Waals surface area contributed by atoms with Crippen LogP contribution in [0.3, 0.4) is 0 Å². The van der Waals surface area contributed by atoms with Gasteiger partial charge in [0.2, 0.25) is 0 Å². The molecule has 0 rings (SSSR count). The maximum absolute atomic E-state index is 9.78. The third-order valence-electron chi connectivity index (χ3n) is 1.35. The Kier molecular flexibility index (Phi) is 13.5. The summed E-state index contributed by atoms with van der Waals surface area (Å²) in [6, 6.07) is -3.08. The molecule has 0 bridgehead atoms. The molecule has 1 radical (unpaired) electrons. The maximum Gasteiger partial charge on any atom is 2.00 e. The van der Waals surface area contributed by atoms with E-state index in [0.717, 1.165) is 0 Å². The van der Waals surface area contributed by atoms with E-state index in [-0.39, 0.29) is 17.1 Å². The quantitative estimate of drug-likeness (QED) is 0.486. The van der Waals surface area contributed by atoms with Gasteiger partial charge in [-0.2, -0.15) is 0 Å². The Balaban J connectivity index is -0.000000256. The summed E-state index contributed by atoms with van der Waals surface area (Å²) in [6.45, 7) is 0. The molecule has 19 heavy (non-hydrogen) atoms. The molecule has 6 N–H and O–H groups in total. The van der Waals surface area contributed by atoms with Crippen molar-refractivity contribution in [3.8, 4) is 0 Å².